The van der Waals surface area contributed by atoms with Gasteiger partial charge in [0.05, 0.1) is 7.11 Å². The largest absolute Gasteiger partial charge is 0.497 e. The molecule has 2 rings (SSSR count). The number of likely N-dealkylation sites (N-methyl/N-ethyl adjacent to an activating group) is 1. The number of hydrogen-bond donors (Lipinski definition) is 2. The van der Waals surface area contributed by atoms with Crippen molar-refractivity contribution in [2.45, 2.75) is 34.2 Å². The average Bonchev–Trinajstić information content (AvgIpc) is 2.93. The van der Waals surface area contributed by atoms with Crippen LogP contribution < -0.4 is 15.4 Å². The first-order chi connectivity index (χ1) is 17.8. The molecule has 0 spiro atoms. The average molecular weight is 506 g/mol. The minimum absolute atomic E-state index is 0.0620. The van der Waals surface area contributed by atoms with Gasteiger partial charge in [0.2, 0.25) is 0 Å². The molecule has 2 aromatic carbocycles. The summed E-state index contributed by atoms with van der Waals surface area (Å²) in [5.41, 5.74) is 4.68. The predicted molar refractivity (Wildman–Crippen MR) is 158 cm³/mol. The fourth-order valence-electron chi connectivity index (χ4n) is 3.04. The molecule has 0 aliphatic rings. The Morgan fingerprint density at radius 3 is 2.14 bits per heavy atom. The fourth-order valence-corrected chi connectivity index (χ4v) is 3.04. The number of hydrogen-bond acceptors (Lipinski definition) is 5. The van der Waals surface area contributed by atoms with Gasteiger partial charge in [-0.1, -0.05) is 38.1 Å². The van der Waals surface area contributed by atoms with Crippen molar-refractivity contribution in [3.05, 3.63) is 83.6 Å². The molecule has 0 atom stereocenters. The Kier molecular flexibility index (Phi) is 15.0. The van der Waals surface area contributed by atoms with Crippen molar-refractivity contribution in [3.8, 4) is 5.75 Å². The number of methoxy groups -OCH3 is 1. The molecule has 37 heavy (non-hydrogen) atoms. The lowest BCUT2D eigenvalue weighted by molar-refractivity contribution is 0.0951. The van der Waals surface area contributed by atoms with Crippen molar-refractivity contribution >= 4 is 23.0 Å². The van der Waals surface area contributed by atoms with Gasteiger partial charge >= 0.3 is 0 Å². The highest BCUT2D eigenvalue weighted by Crippen LogP contribution is 2.15. The van der Waals surface area contributed by atoms with Gasteiger partial charge in [-0.15, -0.1) is 0 Å². The lowest BCUT2D eigenvalue weighted by atomic mass is 10.1. The standard InChI is InChI=1S/C28H37N5O2.C2H6/c1-21(24-10-12-25(13-11-24)28(34)30-17-18-33(4)5)19-31-22(2)7-16-27(29-3)32-20-23-8-14-26(35-6)15-9-23;1-2/h7-16,19H,17-18,20H2,1-6H3,(H,29,32)(H,30,34);1-2H3/b16-7-,21-19+,31-22-;. The zero-order valence-electron chi connectivity index (χ0n) is 23.6. The molecule has 7 nitrogen and oxygen atoms in total. The summed E-state index contributed by atoms with van der Waals surface area (Å²) in [6.45, 7) is 10.0. The maximum atomic E-state index is 12.2. The number of benzene rings is 2. The number of nitrogens with zero attached hydrogens (tertiary/aromatic N) is 3. The second-order valence-corrected chi connectivity index (χ2v) is 8.36. The Bertz CT molecular complexity index is 1070. The molecule has 2 aromatic rings. The quantitative estimate of drug-likeness (QED) is 0.325. The molecular formula is C30H43N5O2. The number of nitrogens with one attached hydrogen (secondary N) is 2. The van der Waals surface area contributed by atoms with E-state index in [0.717, 1.165) is 40.5 Å². The number of aliphatic imine (C=N–C) groups is 2. The van der Waals surface area contributed by atoms with Crippen molar-refractivity contribution < 1.29 is 9.53 Å². The Hall–Kier alpha value is -3.71. The Balaban J connectivity index is 0.00000334. The van der Waals surface area contributed by atoms with E-state index in [1.54, 1.807) is 14.2 Å². The highest BCUT2D eigenvalue weighted by atomic mass is 16.5. The summed E-state index contributed by atoms with van der Waals surface area (Å²) in [4.78, 5) is 23.1. The van der Waals surface area contributed by atoms with Crippen molar-refractivity contribution in [3.63, 3.8) is 0 Å². The predicted octanol–water partition coefficient (Wildman–Crippen LogP) is 5.21. The van der Waals surface area contributed by atoms with Crippen molar-refractivity contribution in [2.75, 3.05) is 41.3 Å². The van der Waals surface area contributed by atoms with Crippen LogP contribution in [-0.2, 0) is 6.54 Å². The number of amidine groups is 1. The monoisotopic (exact) mass is 505 g/mol. The molecule has 0 saturated carbocycles. The lowest BCUT2D eigenvalue weighted by Crippen LogP contribution is -2.31. The Labute approximate surface area is 223 Å². The highest BCUT2D eigenvalue weighted by Gasteiger charge is 2.05. The SMILES string of the molecule is CC.CN=C(\C=C/C(C)=N\C=C(/C)c1ccc(C(=O)NCCN(C)C)cc1)NCc1ccc(OC)cc1. The first-order valence-electron chi connectivity index (χ1n) is 12.6. The molecule has 1 amide bonds. The van der Waals surface area contributed by atoms with Gasteiger partial charge in [0, 0.05) is 44.2 Å². The second kappa shape index (κ2) is 17.7. The molecule has 0 radical (unpaired) electrons. The van der Waals surface area contributed by atoms with E-state index < -0.39 is 0 Å². The molecule has 0 unspecified atom stereocenters. The summed E-state index contributed by atoms with van der Waals surface area (Å²) < 4.78 is 5.19. The summed E-state index contributed by atoms with van der Waals surface area (Å²) in [6, 6.07) is 15.5. The third-order valence-electron chi connectivity index (χ3n) is 5.26. The maximum Gasteiger partial charge on any atom is 0.251 e. The number of carbonyl (C=O) groups is 1. The van der Waals surface area contributed by atoms with Crippen LogP contribution in [0.5, 0.6) is 5.75 Å². The minimum atomic E-state index is -0.0620. The van der Waals surface area contributed by atoms with Gasteiger partial charge in [0.1, 0.15) is 11.6 Å². The van der Waals surface area contributed by atoms with Crippen LogP contribution in [0.1, 0.15) is 49.2 Å². The van der Waals surface area contributed by atoms with Crippen LogP contribution in [0.2, 0.25) is 0 Å². The highest BCUT2D eigenvalue weighted by molar-refractivity contribution is 6.02. The van der Waals surface area contributed by atoms with E-state index in [1.165, 1.54) is 0 Å². The Morgan fingerprint density at radius 2 is 1.57 bits per heavy atom. The molecule has 0 fully saturated rings. The van der Waals surface area contributed by atoms with Crippen LogP contribution >= 0.6 is 0 Å². The van der Waals surface area contributed by atoms with E-state index in [9.17, 15) is 4.79 Å². The zero-order chi connectivity index (χ0) is 27.6. The third-order valence-corrected chi connectivity index (χ3v) is 5.26. The maximum absolute atomic E-state index is 12.2. The number of ether oxygens (including phenoxy) is 1. The van der Waals surface area contributed by atoms with Gasteiger partial charge in [-0.3, -0.25) is 14.8 Å². The van der Waals surface area contributed by atoms with Gasteiger partial charge in [-0.25, -0.2) is 0 Å². The number of carbonyl (C=O) groups excluding carboxylic acids is 1. The fraction of sp³-hybridized carbons (Fsp3) is 0.367. The van der Waals surface area contributed by atoms with Gasteiger partial charge in [-0.2, -0.15) is 0 Å². The Morgan fingerprint density at radius 1 is 0.946 bits per heavy atom. The van der Waals surface area contributed by atoms with E-state index >= 15 is 0 Å². The number of allylic oxidation sites excluding steroid dienone is 2. The molecule has 0 bridgehead atoms. The molecule has 0 saturated heterocycles. The van der Waals surface area contributed by atoms with E-state index in [1.807, 2.05) is 114 Å². The van der Waals surface area contributed by atoms with Crippen molar-refractivity contribution in [1.82, 2.24) is 15.5 Å². The van der Waals surface area contributed by atoms with Crippen molar-refractivity contribution in [2.24, 2.45) is 9.98 Å². The minimum Gasteiger partial charge on any atom is -0.497 e. The summed E-state index contributed by atoms with van der Waals surface area (Å²) in [6.07, 6.45) is 5.67. The third kappa shape index (κ3) is 12.2. The summed E-state index contributed by atoms with van der Waals surface area (Å²) in [5, 5.41) is 6.24. The van der Waals surface area contributed by atoms with E-state index in [2.05, 4.69) is 20.6 Å². The smallest absolute Gasteiger partial charge is 0.251 e. The second-order valence-electron chi connectivity index (χ2n) is 8.36. The molecule has 0 aliphatic carbocycles. The number of rotatable bonds is 11. The molecule has 0 aliphatic heterocycles. The first-order valence-corrected chi connectivity index (χ1v) is 12.6. The first kappa shape index (κ1) is 31.3. The van der Waals surface area contributed by atoms with Crippen LogP contribution in [0, 0.1) is 0 Å². The van der Waals surface area contributed by atoms with Crippen LogP contribution in [-0.4, -0.2) is 63.7 Å². The van der Waals surface area contributed by atoms with Gasteiger partial charge in [0.15, 0.2) is 0 Å². The van der Waals surface area contributed by atoms with E-state index in [0.29, 0.717) is 18.7 Å². The summed E-state index contributed by atoms with van der Waals surface area (Å²) >= 11 is 0. The molecule has 0 heterocycles. The van der Waals surface area contributed by atoms with E-state index in [4.69, 9.17) is 4.74 Å². The van der Waals surface area contributed by atoms with Crippen LogP contribution in [0.3, 0.4) is 0 Å². The lowest BCUT2D eigenvalue weighted by Gasteiger charge is -2.10. The van der Waals surface area contributed by atoms with Crippen molar-refractivity contribution in [1.29, 1.82) is 0 Å². The van der Waals surface area contributed by atoms with Crippen LogP contribution in [0.25, 0.3) is 5.57 Å². The molecule has 7 heteroatoms. The van der Waals surface area contributed by atoms with Gasteiger partial charge in [-0.05, 0) is 81.1 Å². The summed E-state index contributed by atoms with van der Waals surface area (Å²) in [7, 11) is 7.37. The topological polar surface area (TPSA) is 78.3 Å². The molecule has 2 N–H and O–H groups in total. The summed E-state index contributed by atoms with van der Waals surface area (Å²) in [5.74, 6) is 1.55. The zero-order valence-corrected chi connectivity index (χ0v) is 23.6. The normalized spacial score (nSPS) is 12.3. The molecular weight excluding hydrogens is 462 g/mol. The molecule has 200 valence electrons. The van der Waals surface area contributed by atoms with Crippen LogP contribution in [0.4, 0.5) is 0 Å². The molecule has 0 aromatic heterocycles. The number of amides is 1. The van der Waals surface area contributed by atoms with Crippen LogP contribution in [0.15, 0.2) is 76.9 Å². The van der Waals surface area contributed by atoms with Gasteiger partial charge < -0.3 is 20.3 Å². The van der Waals surface area contributed by atoms with Gasteiger partial charge in [0.25, 0.3) is 5.91 Å². The van der Waals surface area contributed by atoms with E-state index in [-0.39, 0.29) is 5.91 Å².